The molecule has 6 nitrogen and oxygen atoms in total. The minimum absolute atomic E-state index is 0.0636. The quantitative estimate of drug-likeness (QED) is 0.471. The molecule has 162 valence electrons. The number of fused-ring (bicyclic) bond motifs is 1. The van der Waals surface area contributed by atoms with Crippen LogP contribution < -0.4 is 10.5 Å². The van der Waals surface area contributed by atoms with Gasteiger partial charge in [-0.25, -0.2) is 4.79 Å². The Balaban J connectivity index is 1.60. The molecule has 1 amide bonds. The van der Waals surface area contributed by atoms with Crippen molar-refractivity contribution in [3.63, 3.8) is 0 Å². The van der Waals surface area contributed by atoms with E-state index in [0.717, 1.165) is 5.56 Å². The van der Waals surface area contributed by atoms with Gasteiger partial charge in [0.05, 0.1) is 12.1 Å². The summed E-state index contributed by atoms with van der Waals surface area (Å²) >= 11 is 15.2. The Kier molecular flexibility index (Phi) is 6.74. The van der Waals surface area contributed by atoms with Crippen LogP contribution in [-0.4, -0.2) is 41.1 Å². The fourth-order valence-corrected chi connectivity index (χ4v) is 6.13. The summed E-state index contributed by atoms with van der Waals surface area (Å²) in [6.07, 6.45) is 0. The molecule has 2 aromatic rings. The minimum atomic E-state index is -0.629. The fourth-order valence-electron chi connectivity index (χ4n) is 3.18. The number of halogens is 2. The van der Waals surface area contributed by atoms with Gasteiger partial charge in [-0.15, -0.1) is 11.8 Å². The van der Waals surface area contributed by atoms with E-state index in [4.69, 9.17) is 38.4 Å². The monoisotopic (exact) mass is 496 g/mol. The summed E-state index contributed by atoms with van der Waals surface area (Å²) < 4.78 is 10.7. The van der Waals surface area contributed by atoms with Crippen molar-refractivity contribution in [3.8, 4) is 5.75 Å². The van der Waals surface area contributed by atoms with Gasteiger partial charge in [-0.1, -0.05) is 47.1 Å². The number of thioether (sulfide) groups is 2. The number of methoxy groups -OCH3 is 1. The number of carbonyl (C=O) groups is 2. The van der Waals surface area contributed by atoms with E-state index in [9.17, 15) is 9.59 Å². The molecular weight excluding hydrogens is 479 g/mol. The number of rotatable bonds is 6. The smallest absolute Gasteiger partial charge is 0.356 e. The van der Waals surface area contributed by atoms with Crippen LogP contribution in [0.3, 0.4) is 0 Å². The van der Waals surface area contributed by atoms with Gasteiger partial charge in [0.15, 0.2) is 0 Å². The Morgan fingerprint density at radius 2 is 2.00 bits per heavy atom. The van der Waals surface area contributed by atoms with Crippen LogP contribution in [0.4, 0.5) is 0 Å². The summed E-state index contributed by atoms with van der Waals surface area (Å²) in [6, 6.07) is 11.7. The van der Waals surface area contributed by atoms with Crippen LogP contribution in [0.15, 0.2) is 58.0 Å². The van der Waals surface area contributed by atoms with E-state index in [-0.39, 0.29) is 23.6 Å². The van der Waals surface area contributed by atoms with Crippen molar-refractivity contribution in [2.45, 2.75) is 22.9 Å². The highest BCUT2D eigenvalue weighted by Crippen LogP contribution is 2.46. The Hall–Kier alpha value is -1.84. The van der Waals surface area contributed by atoms with Crippen LogP contribution in [0.2, 0.25) is 10.0 Å². The lowest BCUT2D eigenvalue weighted by Crippen LogP contribution is -2.68. The number of amides is 1. The van der Waals surface area contributed by atoms with Crippen LogP contribution in [0.5, 0.6) is 5.75 Å². The minimum Gasteiger partial charge on any atom is -0.497 e. The fraction of sp³-hybridized carbons (Fsp3) is 0.238. The van der Waals surface area contributed by atoms with E-state index in [1.165, 1.54) is 28.4 Å². The van der Waals surface area contributed by atoms with E-state index < -0.39 is 12.0 Å². The molecule has 1 fully saturated rings. The largest absolute Gasteiger partial charge is 0.497 e. The van der Waals surface area contributed by atoms with Crippen molar-refractivity contribution < 1.29 is 19.1 Å². The molecule has 0 saturated carbocycles. The summed E-state index contributed by atoms with van der Waals surface area (Å²) in [5.74, 6) is 0.330. The number of benzene rings is 2. The average Bonchev–Trinajstić information content (AvgIpc) is 2.79. The number of β-lactam (4-membered cyclic amide) rings is 1. The summed E-state index contributed by atoms with van der Waals surface area (Å²) in [5.41, 5.74) is 6.94. The highest BCUT2D eigenvalue weighted by Gasteiger charge is 2.52. The molecule has 2 heterocycles. The van der Waals surface area contributed by atoms with Gasteiger partial charge in [-0.3, -0.25) is 9.69 Å². The molecule has 31 heavy (non-hydrogen) atoms. The van der Waals surface area contributed by atoms with Crippen LogP contribution >= 0.6 is 46.7 Å². The first kappa shape index (κ1) is 22.4. The summed E-state index contributed by atoms with van der Waals surface area (Å²) in [4.78, 5) is 28.3. The maximum Gasteiger partial charge on any atom is 0.356 e. The van der Waals surface area contributed by atoms with E-state index in [0.29, 0.717) is 31.3 Å². The molecule has 2 atom stereocenters. The topological polar surface area (TPSA) is 81.9 Å². The lowest BCUT2D eigenvalue weighted by molar-refractivity contribution is -0.151. The Morgan fingerprint density at radius 1 is 1.26 bits per heavy atom. The van der Waals surface area contributed by atoms with Gasteiger partial charge < -0.3 is 15.2 Å². The van der Waals surface area contributed by atoms with Gasteiger partial charge >= 0.3 is 5.97 Å². The van der Waals surface area contributed by atoms with Crippen molar-refractivity contribution in [3.05, 3.63) is 68.7 Å². The molecule has 2 aliphatic rings. The maximum absolute atomic E-state index is 13.1. The molecule has 1 saturated heterocycles. The third kappa shape index (κ3) is 4.54. The lowest BCUT2D eigenvalue weighted by Gasteiger charge is -2.48. The van der Waals surface area contributed by atoms with Crippen molar-refractivity contribution in [1.82, 2.24) is 4.90 Å². The van der Waals surface area contributed by atoms with Gasteiger partial charge in [-0.05, 0) is 35.9 Å². The van der Waals surface area contributed by atoms with Crippen LogP contribution in [0, 0.1) is 0 Å². The van der Waals surface area contributed by atoms with Gasteiger partial charge in [0.2, 0.25) is 5.91 Å². The number of ether oxygens (including phenoxy) is 2. The molecule has 4 rings (SSSR count). The lowest BCUT2D eigenvalue weighted by atomic mass is 10.1. The van der Waals surface area contributed by atoms with E-state index in [1.54, 1.807) is 37.4 Å². The first-order chi connectivity index (χ1) is 14.9. The number of hydrogen-bond donors (Lipinski definition) is 1. The first-order valence-corrected chi connectivity index (χ1v) is 11.9. The summed E-state index contributed by atoms with van der Waals surface area (Å²) in [6.45, 7) is 0.0636. The van der Waals surface area contributed by atoms with Crippen LogP contribution in [0.1, 0.15) is 5.56 Å². The zero-order chi connectivity index (χ0) is 22.1. The standard InChI is InChI=1S/C21H18Cl2N2O4S2/c1-28-13-5-2-11(3-6-13)9-29-21(27)18-16(10-30-20-17(24)19(26)25(18)20)31-15-8-12(22)4-7-14(15)23/h2-8,17,20H,9-10,24H2,1H3/t17-,20-/m1/s1. The summed E-state index contributed by atoms with van der Waals surface area (Å²) in [5, 5.41) is 0.751. The zero-order valence-corrected chi connectivity index (χ0v) is 19.5. The number of nitrogens with two attached hydrogens (primary N) is 1. The second-order valence-corrected chi connectivity index (χ2v) is 9.89. The zero-order valence-electron chi connectivity index (χ0n) is 16.3. The molecule has 2 aromatic carbocycles. The van der Waals surface area contributed by atoms with E-state index in [1.807, 2.05) is 12.1 Å². The molecule has 10 heteroatoms. The van der Waals surface area contributed by atoms with Gasteiger partial charge in [0.25, 0.3) is 0 Å². The number of nitrogens with zero attached hydrogens (tertiary/aromatic N) is 1. The van der Waals surface area contributed by atoms with Crippen molar-refractivity contribution in [1.29, 1.82) is 0 Å². The molecule has 0 radical (unpaired) electrons. The molecule has 2 N–H and O–H groups in total. The van der Waals surface area contributed by atoms with Crippen molar-refractivity contribution >= 4 is 58.6 Å². The first-order valence-electron chi connectivity index (χ1n) is 9.25. The molecule has 0 aliphatic carbocycles. The highest BCUT2D eigenvalue weighted by atomic mass is 35.5. The molecule has 2 aliphatic heterocycles. The predicted octanol–water partition coefficient (Wildman–Crippen LogP) is 4.29. The number of hydrogen-bond acceptors (Lipinski definition) is 7. The summed E-state index contributed by atoms with van der Waals surface area (Å²) in [7, 11) is 1.58. The third-order valence-corrected chi connectivity index (χ3v) is 8.13. The number of carbonyl (C=O) groups excluding carboxylic acids is 2. The average molecular weight is 497 g/mol. The van der Waals surface area contributed by atoms with Crippen LogP contribution in [0.25, 0.3) is 0 Å². The Bertz CT molecular complexity index is 1060. The second-order valence-electron chi connectivity index (χ2n) is 6.81. The highest BCUT2D eigenvalue weighted by molar-refractivity contribution is 8.06. The second kappa shape index (κ2) is 9.34. The van der Waals surface area contributed by atoms with Crippen molar-refractivity contribution in [2.24, 2.45) is 5.73 Å². The third-order valence-electron chi connectivity index (χ3n) is 4.82. The molecule has 0 aromatic heterocycles. The molecule has 0 bridgehead atoms. The Labute approximate surface area is 198 Å². The normalized spacial score (nSPS) is 20.3. The number of esters is 1. The SMILES string of the molecule is COc1ccc(COC(=O)C2=C(Sc3cc(Cl)ccc3Cl)CS[C@@H]3[C@H](N)C(=O)N23)cc1. The maximum atomic E-state index is 13.1. The molecular formula is C21H18Cl2N2O4S2. The molecule has 0 spiro atoms. The van der Waals surface area contributed by atoms with Gasteiger partial charge in [0, 0.05) is 20.6 Å². The molecule has 0 unspecified atom stereocenters. The van der Waals surface area contributed by atoms with Gasteiger partial charge in [-0.2, -0.15) is 0 Å². The van der Waals surface area contributed by atoms with E-state index in [2.05, 4.69) is 0 Å². The van der Waals surface area contributed by atoms with Crippen molar-refractivity contribution in [2.75, 3.05) is 12.9 Å². The van der Waals surface area contributed by atoms with E-state index >= 15 is 0 Å². The van der Waals surface area contributed by atoms with Gasteiger partial charge in [0.1, 0.15) is 29.5 Å². The van der Waals surface area contributed by atoms with Crippen LogP contribution in [-0.2, 0) is 20.9 Å². The predicted molar refractivity (Wildman–Crippen MR) is 123 cm³/mol. The Morgan fingerprint density at radius 3 is 2.71 bits per heavy atom.